The molecule has 0 saturated carbocycles. The van der Waals surface area contributed by atoms with E-state index in [1.807, 2.05) is 6.92 Å². The quantitative estimate of drug-likeness (QED) is 0.704. The predicted octanol–water partition coefficient (Wildman–Crippen LogP) is 3.29. The molecule has 0 aliphatic carbocycles. The number of anilines is 1. The van der Waals surface area contributed by atoms with Crippen LogP contribution in [-0.4, -0.2) is 32.6 Å². The second-order valence-electron chi connectivity index (χ2n) is 3.90. The van der Waals surface area contributed by atoms with E-state index in [1.54, 1.807) is 17.0 Å². The first-order valence-corrected chi connectivity index (χ1v) is 8.54. The van der Waals surface area contributed by atoms with Gasteiger partial charge in [0.05, 0.1) is 10.6 Å². The molecule has 0 radical (unpaired) electrons. The fourth-order valence-electron chi connectivity index (χ4n) is 1.75. The molecule has 1 aromatic carbocycles. The van der Waals surface area contributed by atoms with Gasteiger partial charge in [0.25, 0.3) is 0 Å². The minimum atomic E-state index is -4.57. The molecule has 108 valence electrons. The lowest BCUT2D eigenvalue weighted by Gasteiger charge is -2.25. The number of nitrogens with zero attached hydrogens (tertiary/aromatic N) is 1. The van der Waals surface area contributed by atoms with E-state index in [2.05, 4.69) is 15.9 Å². The van der Waals surface area contributed by atoms with Gasteiger partial charge >= 0.3 is 5.76 Å². The van der Waals surface area contributed by atoms with Crippen LogP contribution < -0.4 is 4.90 Å². The maximum Gasteiger partial charge on any atom is 0.341 e. The number of benzene rings is 1. The zero-order valence-corrected chi connectivity index (χ0v) is 12.9. The summed E-state index contributed by atoms with van der Waals surface area (Å²) < 4.78 is 48.7. The van der Waals surface area contributed by atoms with Crippen molar-refractivity contribution in [2.24, 2.45) is 0 Å². The Hall–Kier alpha value is -0.690. The van der Waals surface area contributed by atoms with Crippen LogP contribution in [0.25, 0.3) is 0 Å². The van der Waals surface area contributed by atoms with Crippen LogP contribution in [0, 0.1) is 0 Å². The van der Waals surface area contributed by atoms with Gasteiger partial charge in [-0.15, -0.1) is 0 Å². The molecule has 0 aliphatic rings. The van der Waals surface area contributed by atoms with Crippen LogP contribution in [0.3, 0.4) is 0 Å². The first-order chi connectivity index (χ1) is 8.95. The van der Waals surface area contributed by atoms with Crippen molar-refractivity contribution < 1.29 is 17.2 Å². The number of hydrogen-bond acceptors (Lipinski definition) is 3. The second kappa shape index (κ2) is 7.19. The number of sulfone groups is 1. The summed E-state index contributed by atoms with van der Waals surface area (Å²) in [5.74, 6) is -3.40. The molecule has 0 aliphatic heterocycles. The average molecular weight is 356 g/mol. The predicted molar refractivity (Wildman–Crippen MR) is 75.9 cm³/mol. The first-order valence-electron chi connectivity index (χ1n) is 5.87. The highest BCUT2D eigenvalue weighted by molar-refractivity contribution is 9.09. The van der Waals surface area contributed by atoms with Crippen LogP contribution in [0.5, 0.6) is 0 Å². The zero-order chi connectivity index (χ0) is 14.5. The van der Waals surface area contributed by atoms with E-state index >= 15 is 0 Å². The summed E-state index contributed by atoms with van der Waals surface area (Å²) in [5, 5.41) is 0.771. The highest BCUT2D eigenvalue weighted by atomic mass is 79.9. The molecular formula is C12H16BrF2NO2S. The zero-order valence-electron chi connectivity index (χ0n) is 10.5. The Balaban J connectivity index is 3.21. The lowest BCUT2D eigenvalue weighted by atomic mass is 10.2. The standard InChI is InChI=1S/C12H16BrF2NO2S/c1-2-16(9-5-8-13)10-6-3-4-7-11(10)19(17,18)12(14)15/h3-4,6-7,12H,2,5,8-9H2,1H3. The van der Waals surface area contributed by atoms with Crippen molar-refractivity contribution in [2.75, 3.05) is 23.3 Å². The van der Waals surface area contributed by atoms with Crippen LogP contribution in [0.1, 0.15) is 13.3 Å². The molecule has 1 rings (SSSR count). The Labute approximate surface area is 120 Å². The summed E-state index contributed by atoms with van der Waals surface area (Å²) in [6.07, 6.45) is 0.802. The summed E-state index contributed by atoms with van der Waals surface area (Å²) in [6.45, 7) is 3.03. The van der Waals surface area contributed by atoms with Gasteiger partial charge in [0.1, 0.15) is 0 Å². The van der Waals surface area contributed by atoms with Crippen molar-refractivity contribution in [1.29, 1.82) is 0 Å². The number of para-hydroxylation sites is 1. The fourth-order valence-corrected chi connectivity index (χ4v) is 2.95. The van der Waals surface area contributed by atoms with Crippen molar-refractivity contribution in [2.45, 2.75) is 24.0 Å². The number of hydrogen-bond donors (Lipinski definition) is 0. The Morgan fingerprint density at radius 3 is 2.47 bits per heavy atom. The highest BCUT2D eigenvalue weighted by Gasteiger charge is 2.30. The highest BCUT2D eigenvalue weighted by Crippen LogP contribution is 2.29. The van der Waals surface area contributed by atoms with Crippen LogP contribution in [-0.2, 0) is 9.84 Å². The van der Waals surface area contributed by atoms with Gasteiger partial charge in [-0.05, 0) is 25.5 Å². The van der Waals surface area contributed by atoms with Crippen molar-refractivity contribution in [1.82, 2.24) is 0 Å². The van der Waals surface area contributed by atoms with Gasteiger partial charge < -0.3 is 4.90 Å². The lowest BCUT2D eigenvalue weighted by molar-refractivity contribution is 0.235. The molecule has 19 heavy (non-hydrogen) atoms. The minimum absolute atomic E-state index is 0.304. The Bertz CT molecular complexity index is 508. The smallest absolute Gasteiger partial charge is 0.341 e. The molecule has 0 fully saturated rings. The molecule has 0 aromatic heterocycles. The molecule has 0 atom stereocenters. The van der Waals surface area contributed by atoms with Crippen molar-refractivity contribution in [3.63, 3.8) is 0 Å². The molecule has 0 heterocycles. The topological polar surface area (TPSA) is 37.4 Å². The SMILES string of the molecule is CCN(CCCBr)c1ccccc1S(=O)(=O)C(F)F. The largest absolute Gasteiger partial charge is 0.371 e. The van der Waals surface area contributed by atoms with E-state index in [-0.39, 0.29) is 4.90 Å². The molecule has 1 aromatic rings. The van der Waals surface area contributed by atoms with Crippen LogP contribution in [0.15, 0.2) is 29.2 Å². The van der Waals surface area contributed by atoms with E-state index in [4.69, 9.17) is 0 Å². The summed E-state index contributed by atoms with van der Waals surface area (Å²) >= 11 is 3.30. The minimum Gasteiger partial charge on any atom is -0.371 e. The van der Waals surface area contributed by atoms with E-state index in [0.717, 1.165) is 11.8 Å². The maximum atomic E-state index is 12.7. The fraction of sp³-hybridized carbons (Fsp3) is 0.500. The van der Waals surface area contributed by atoms with Crippen LogP contribution in [0.2, 0.25) is 0 Å². The molecule has 7 heteroatoms. The van der Waals surface area contributed by atoms with Gasteiger partial charge in [0, 0.05) is 18.4 Å². The maximum absolute atomic E-state index is 12.7. The third-order valence-corrected chi connectivity index (χ3v) is 4.68. The number of halogens is 3. The van der Waals surface area contributed by atoms with E-state index < -0.39 is 15.6 Å². The normalized spacial score (nSPS) is 11.8. The summed E-state index contributed by atoms with van der Waals surface area (Å²) in [7, 11) is -4.57. The monoisotopic (exact) mass is 355 g/mol. The number of rotatable bonds is 7. The Morgan fingerprint density at radius 1 is 1.32 bits per heavy atom. The molecule has 0 amide bonds. The average Bonchev–Trinajstić information content (AvgIpc) is 2.40. The lowest BCUT2D eigenvalue weighted by Crippen LogP contribution is -2.27. The van der Waals surface area contributed by atoms with Crippen LogP contribution in [0.4, 0.5) is 14.5 Å². The van der Waals surface area contributed by atoms with Gasteiger partial charge in [-0.2, -0.15) is 8.78 Å². The third-order valence-electron chi connectivity index (χ3n) is 2.69. The molecule has 0 bridgehead atoms. The molecule has 0 spiro atoms. The Kier molecular flexibility index (Phi) is 6.19. The van der Waals surface area contributed by atoms with Crippen molar-refractivity contribution in [3.05, 3.63) is 24.3 Å². The first kappa shape index (κ1) is 16.4. The van der Waals surface area contributed by atoms with Gasteiger partial charge in [-0.1, -0.05) is 28.1 Å². The second-order valence-corrected chi connectivity index (χ2v) is 6.57. The van der Waals surface area contributed by atoms with Gasteiger partial charge in [-0.25, -0.2) is 8.42 Å². The number of alkyl halides is 3. The summed E-state index contributed by atoms with van der Waals surface area (Å²) in [6, 6.07) is 5.90. The van der Waals surface area contributed by atoms with Gasteiger partial charge in [0.2, 0.25) is 9.84 Å². The Morgan fingerprint density at radius 2 is 1.95 bits per heavy atom. The third kappa shape index (κ3) is 3.89. The molecular weight excluding hydrogens is 340 g/mol. The molecule has 0 unspecified atom stereocenters. The van der Waals surface area contributed by atoms with Gasteiger partial charge in [-0.3, -0.25) is 0 Å². The van der Waals surface area contributed by atoms with Crippen molar-refractivity contribution >= 4 is 31.5 Å². The molecule has 0 N–H and O–H groups in total. The molecule has 3 nitrogen and oxygen atoms in total. The van der Waals surface area contributed by atoms with E-state index in [1.165, 1.54) is 12.1 Å². The van der Waals surface area contributed by atoms with Gasteiger partial charge in [0.15, 0.2) is 0 Å². The molecule has 0 saturated heterocycles. The van der Waals surface area contributed by atoms with E-state index in [0.29, 0.717) is 18.8 Å². The van der Waals surface area contributed by atoms with Crippen LogP contribution >= 0.6 is 15.9 Å². The summed E-state index contributed by atoms with van der Waals surface area (Å²) in [4.78, 5) is 1.48. The van der Waals surface area contributed by atoms with E-state index in [9.17, 15) is 17.2 Å². The summed E-state index contributed by atoms with van der Waals surface area (Å²) in [5.41, 5.74) is 0.339. The van der Waals surface area contributed by atoms with Crippen molar-refractivity contribution in [3.8, 4) is 0 Å².